The number of likely N-dealkylation sites (tertiary alicyclic amines) is 1. The Morgan fingerprint density at radius 2 is 2.12 bits per heavy atom. The van der Waals surface area contributed by atoms with Crippen LogP contribution in [0.2, 0.25) is 0 Å². The van der Waals surface area contributed by atoms with Crippen LogP contribution in [0.3, 0.4) is 0 Å². The number of hydrogen-bond acceptors (Lipinski definition) is 3. The van der Waals surface area contributed by atoms with Gasteiger partial charge in [0.2, 0.25) is 5.91 Å². The number of H-pyrrole nitrogens is 1. The monoisotopic (exact) mass is 237 g/mol. The number of amides is 1. The van der Waals surface area contributed by atoms with Crippen molar-refractivity contribution in [3.63, 3.8) is 0 Å². The largest absolute Gasteiger partial charge is 0.478 e. The standard InChI is InChI=1S/C11H15N3O3/c1-7(15)14-4-2-8(3-5-14)10-9(11(16)17)6-12-13-10/h6,8H,2-5H2,1H3,(H,12,13)(H,16,17). The molecule has 1 saturated heterocycles. The highest BCUT2D eigenvalue weighted by atomic mass is 16.4. The number of aromatic amines is 1. The molecule has 6 heteroatoms. The van der Waals surface area contributed by atoms with Gasteiger partial charge in [0.25, 0.3) is 0 Å². The summed E-state index contributed by atoms with van der Waals surface area (Å²) in [7, 11) is 0. The molecule has 2 rings (SSSR count). The average molecular weight is 237 g/mol. The topological polar surface area (TPSA) is 86.3 Å². The fraction of sp³-hybridized carbons (Fsp3) is 0.545. The molecular weight excluding hydrogens is 222 g/mol. The van der Waals surface area contributed by atoms with Gasteiger partial charge in [-0.15, -0.1) is 0 Å². The van der Waals surface area contributed by atoms with E-state index in [0.717, 1.165) is 12.8 Å². The first-order valence-corrected chi connectivity index (χ1v) is 5.61. The van der Waals surface area contributed by atoms with Crippen LogP contribution < -0.4 is 0 Å². The molecule has 0 aliphatic carbocycles. The predicted octanol–water partition coefficient (Wildman–Crippen LogP) is 0.834. The van der Waals surface area contributed by atoms with Crippen molar-refractivity contribution in [1.82, 2.24) is 15.1 Å². The average Bonchev–Trinajstić information content (AvgIpc) is 2.78. The highest BCUT2D eigenvalue weighted by Gasteiger charge is 2.26. The van der Waals surface area contributed by atoms with Crippen LogP contribution in [0, 0.1) is 0 Å². The highest BCUT2D eigenvalue weighted by Crippen LogP contribution is 2.28. The van der Waals surface area contributed by atoms with Crippen LogP contribution in [0.4, 0.5) is 0 Å². The number of carbonyl (C=O) groups is 2. The fourth-order valence-electron chi connectivity index (χ4n) is 2.26. The SMILES string of the molecule is CC(=O)N1CCC(c2[nH]ncc2C(=O)O)CC1. The Morgan fingerprint density at radius 1 is 1.47 bits per heavy atom. The third-order valence-electron chi connectivity index (χ3n) is 3.25. The van der Waals surface area contributed by atoms with E-state index in [0.29, 0.717) is 18.8 Å². The molecular formula is C11H15N3O3. The quantitative estimate of drug-likeness (QED) is 0.797. The Morgan fingerprint density at radius 3 is 2.65 bits per heavy atom. The van der Waals surface area contributed by atoms with Crippen molar-refractivity contribution in [3.05, 3.63) is 17.5 Å². The van der Waals surface area contributed by atoms with Gasteiger partial charge >= 0.3 is 5.97 Å². The van der Waals surface area contributed by atoms with Crippen LogP contribution in [0.1, 0.15) is 41.7 Å². The molecule has 1 aliphatic rings. The van der Waals surface area contributed by atoms with Crippen molar-refractivity contribution in [2.75, 3.05) is 13.1 Å². The lowest BCUT2D eigenvalue weighted by Gasteiger charge is -2.30. The maximum atomic E-state index is 11.2. The molecule has 0 saturated carbocycles. The van der Waals surface area contributed by atoms with Crippen molar-refractivity contribution in [3.8, 4) is 0 Å². The molecule has 0 atom stereocenters. The molecule has 1 fully saturated rings. The van der Waals surface area contributed by atoms with E-state index in [2.05, 4.69) is 10.2 Å². The van der Waals surface area contributed by atoms with Gasteiger partial charge in [-0.3, -0.25) is 9.89 Å². The number of aromatic nitrogens is 2. The van der Waals surface area contributed by atoms with Gasteiger partial charge in [-0.1, -0.05) is 0 Å². The van der Waals surface area contributed by atoms with Gasteiger partial charge < -0.3 is 10.0 Å². The van der Waals surface area contributed by atoms with Gasteiger partial charge in [-0.2, -0.15) is 5.10 Å². The van der Waals surface area contributed by atoms with E-state index in [1.54, 1.807) is 11.8 Å². The summed E-state index contributed by atoms with van der Waals surface area (Å²) in [5.74, 6) is -0.728. The van der Waals surface area contributed by atoms with Gasteiger partial charge in [0.15, 0.2) is 0 Å². The van der Waals surface area contributed by atoms with Crippen molar-refractivity contribution in [2.45, 2.75) is 25.7 Å². The number of aromatic carboxylic acids is 1. The zero-order chi connectivity index (χ0) is 12.4. The zero-order valence-corrected chi connectivity index (χ0v) is 9.64. The first kappa shape index (κ1) is 11.6. The Kier molecular flexibility index (Phi) is 3.12. The first-order valence-electron chi connectivity index (χ1n) is 5.61. The van der Waals surface area contributed by atoms with Gasteiger partial charge in [0, 0.05) is 25.9 Å². The normalized spacial score (nSPS) is 17.1. The fourth-order valence-corrected chi connectivity index (χ4v) is 2.26. The summed E-state index contributed by atoms with van der Waals surface area (Å²) in [6.07, 6.45) is 2.90. The second-order valence-corrected chi connectivity index (χ2v) is 4.28. The summed E-state index contributed by atoms with van der Waals surface area (Å²) < 4.78 is 0. The lowest BCUT2D eigenvalue weighted by molar-refractivity contribution is -0.129. The van der Waals surface area contributed by atoms with E-state index in [-0.39, 0.29) is 17.4 Å². The Hall–Kier alpha value is -1.85. The Labute approximate surface area is 98.6 Å². The third-order valence-corrected chi connectivity index (χ3v) is 3.25. The first-order chi connectivity index (χ1) is 8.09. The second kappa shape index (κ2) is 4.57. The van der Waals surface area contributed by atoms with Crippen molar-refractivity contribution in [2.24, 2.45) is 0 Å². The van der Waals surface area contributed by atoms with Crippen LogP contribution in [-0.4, -0.2) is 45.2 Å². The molecule has 17 heavy (non-hydrogen) atoms. The van der Waals surface area contributed by atoms with Gasteiger partial charge in [-0.25, -0.2) is 4.79 Å². The van der Waals surface area contributed by atoms with Crippen molar-refractivity contribution >= 4 is 11.9 Å². The molecule has 0 unspecified atom stereocenters. The summed E-state index contributed by atoms with van der Waals surface area (Å²) in [6, 6.07) is 0. The lowest BCUT2D eigenvalue weighted by atomic mass is 9.91. The highest BCUT2D eigenvalue weighted by molar-refractivity contribution is 5.88. The maximum absolute atomic E-state index is 11.2. The Balaban J connectivity index is 2.08. The molecule has 0 spiro atoms. The molecule has 1 aliphatic heterocycles. The molecule has 1 amide bonds. The van der Waals surface area contributed by atoms with Crippen LogP contribution in [0.15, 0.2) is 6.20 Å². The predicted molar refractivity (Wildman–Crippen MR) is 59.8 cm³/mol. The minimum Gasteiger partial charge on any atom is -0.478 e. The zero-order valence-electron chi connectivity index (χ0n) is 9.64. The molecule has 0 bridgehead atoms. The number of carbonyl (C=O) groups excluding carboxylic acids is 1. The molecule has 0 radical (unpaired) electrons. The lowest BCUT2D eigenvalue weighted by Crippen LogP contribution is -2.36. The summed E-state index contributed by atoms with van der Waals surface area (Å²) >= 11 is 0. The van der Waals surface area contributed by atoms with Gasteiger partial charge in [0.05, 0.1) is 11.9 Å². The summed E-state index contributed by atoms with van der Waals surface area (Å²) in [5, 5.41) is 15.6. The molecule has 0 aromatic carbocycles. The molecule has 6 nitrogen and oxygen atoms in total. The Bertz CT molecular complexity index is 433. The molecule has 1 aromatic heterocycles. The number of carboxylic acid groups (broad SMARTS) is 1. The van der Waals surface area contributed by atoms with E-state index in [1.165, 1.54) is 6.20 Å². The number of carboxylic acids is 1. The molecule has 92 valence electrons. The molecule has 2 heterocycles. The smallest absolute Gasteiger partial charge is 0.339 e. The summed E-state index contributed by atoms with van der Waals surface area (Å²) in [4.78, 5) is 23.9. The van der Waals surface area contributed by atoms with Crippen LogP contribution in [0.25, 0.3) is 0 Å². The second-order valence-electron chi connectivity index (χ2n) is 4.28. The number of nitrogens with one attached hydrogen (secondary N) is 1. The molecule has 1 aromatic rings. The minimum atomic E-state index is -0.956. The van der Waals surface area contributed by atoms with Gasteiger partial charge in [-0.05, 0) is 12.8 Å². The number of nitrogens with zero attached hydrogens (tertiary/aromatic N) is 2. The third kappa shape index (κ3) is 2.30. The summed E-state index contributed by atoms with van der Waals surface area (Å²) in [6.45, 7) is 2.91. The van der Waals surface area contributed by atoms with Crippen LogP contribution in [0.5, 0.6) is 0 Å². The van der Waals surface area contributed by atoms with Crippen molar-refractivity contribution < 1.29 is 14.7 Å². The number of piperidine rings is 1. The van der Waals surface area contributed by atoms with Crippen LogP contribution >= 0.6 is 0 Å². The van der Waals surface area contributed by atoms with Crippen LogP contribution in [-0.2, 0) is 4.79 Å². The molecule has 2 N–H and O–H groups in total. The number of hydrogen-bond donors (Lipinski definition) is 2. The summed E-state index contributed by atoms with van der Waals surface area (Å²) in [5.41, 5.74) is 0.923. The van der Waals surface area contributed by atoms with E-state index in [9.17, 15) is 9.59 Å². The van der Waals surface area contributed by atoms with Gasteiger partial charge in [0.1, 0.15) is 5.56 Å². The van der Waals surface area contributed by atoms with E-state index >= 15 is 0 Å². The maximum Gasteiger partial charge on any atom is 0.339 e. The van der Waals surface area contributed by atoms with E-state index < -0.39 is 5.97 Å². The minimum absolute atomic E-state index is 0.0755. The number of rotatable bonds is 2. The van der Waals surface area contributed by atoms with E-state index in [1.807, 2.05) is 0 Å². The van der Waals surface area contributed by atoms with E-state index in [4.69, 9.17) is 5.11 Å². The van der Waals surface area contributed by atoms with Crippen molar-refractivity contribution in [1.29, 1.82) is 0 Å².